The summed E-state index contributed by atoms with van der Waals surface area (Å²) in [6.07, 6.45) is -14.1. The van der Waals surface area contributed by atoms with Crippen LogP contribution in [0.2, 0.25) is 20.1 Å². The van der Waals surface area contributed by atoms with Crippen molar-refractivity contribution >= 4 is 145 Å². The van der Waals surface area contributed by atoms with Gasteiger partial charge in [0.2, 0.25) is 0 Å². The van der Waals surface area contributed by atoms with Gasteiger partial charge in [-0.3, -0.25) is 9.59 Å². The monoisotopic (exact) mass is 1110 g/mol. The molecule has 2 saturated heterocycles. The second-order valence-corrected chi connectivity index (χ2v) is 21.6. The molecule has 0 radical (unpaired) electrons. The van der Waals surface area contributed by atoms with Gasteiger partial charge in [-0.2, -0.15) is 0 Å². The summed E-state index contributed by atoms with van der Waals surface area (Å²) in [5.74, 6) is -0.278. The van der Waals surface area contributed by atoms with Crippen LogP contribution in [0.15, 0.2) is 72.8 Å². The SMILES string of the molecule is CN1Cc2c(c3c4cccc(Cl)c4[nH]c3c3c2c2cccc(Cl)c2n3[C@@H]2O[C@H](CO)[C@@H](O)[C@H](O)[C@H]2O)C1=O.CN1Cc2c(c3c4cccc(Cl)c4n([C@@H]4O[C@H](CO)[C@@H](O)[C@H](O)[C@H]4O)c3c3[nH]c4c(Cl)cccc4c23)C1=O. The highest BCUT2D eigenvalue weighted by molar-refractivity contribution is 6.42. The van der Waals surface area contributed by atoms with Gasteiger partial charge in [-0.1, -0.05) is 94.9 Å². The Hall–Kier alpha value is -5.78. The first kappa shape index (κ1) is 49.8. The van der Waals surface area contributed by atoms with Gasteiger partial charge < -0.3 is 79.2 Å². The number of hydrogen-bond acceptors (Lipinski definition) is 12. The van der Waals surface area contributed by atoms with Crippen molar-refractivity contribution in [2.75, 3.05) is 27.3 Å². The number of carbonyl (C=O) groups excluding carboxylic acids is 2. The Bertz CT molecular complexity index is 4150. The Balaban J connectivity index is 0.000000146. The van der Waals surface area contributed by atoms with Crippen LogP contribution in [0.3, 0.4) is 0 Å². The number of nitrogens with zero attached hydrogens (tertiary/aromatic N) is 4. The molecule has 76 heavy (non-hydrogen) atoms. The third kappa shape index (κ3) is 6.72. The molecule has 8 heterocycles. The van der Waals surface area contributed by atoms with Crippen molar-refractivity contribution in [2.45, 2.75) is 74.4 Å². The van der Waals surface area contributed by atoms with Gasteiger partial charge in [0.25, 0.3) is 11.8 Å². The number of carbonyl (C=O) groups is 2. The van der Waals surface area contributed by atoms with Gasteiger partial charge in [-0.05, 0) is 35.4 Å². The summed E-state index contributed by atoms with van der Waals surface area (Å²) in [7, 11) is 3.48. The standard InChI is InChI=1S/2C27H23Cl2N3O6/c1-31-8-12-16-11-5-3-7-14(29)21(11)32(27-25(36)24(35)23(34)15(9-33)38-27)22(16)20-17(18(12)26(31)37)10-4-2-6-13(28)19(10)30-20;1-31-8-12-16-10-4-2-6-13(28)19(10)30-20(16)22-17(18(12)26(31)37)11-5-3-7-14(29)21(11)32(22)27-25(36)24(35)23(34)15(9-33)38-27/h2*2-7,15,23-25,27,30,33-36H,8-9H2,1H3/t2*15-,23-,24+,25-,27-/m11/s1. The van der Waals surface area contributed by atoms with E-state index in [1.54, 1.807) is 69.4 Å². The minimum Gasteiger partial charge on any atom is -0.394 e. The highest BCUT2D eigenvalue weighted by Gasteiger charge is 2.48. The molecule has 0 bridgehead atoms. The van der Waals surface area contributed by atoms with E-state index in [1.165, 1.54) is 0 Å². The fourth-order valence-electron chi connectivity index (χ4n) is 12.4. The minimum atomic E-state index is -1.60. The highest BCUT2D eigenvalue weighted by atomic mass is 35.5. The van der Waals surface area contributed by atoms with Crippen LogP contribution >= 0.6 is 46.4 Å². The van der Waals surface area contributed by atoms with Gasteiger partial charge in [0, 0.05) is 70.3 Å². The fourth-order valence-corrected chi connectivity index (χ4v) is 13.4. The lowest BCUT2D eigenvalue weighted by Gasteiger charge is -2.41. The Morgan fingerprint density at radius 1 is 0.474 bits per heavy atom. The van der Waals surface area contributed by atoms with Crippen LogP contribution < -0.4 is 0 Å². The lowest BCUT2D eigenvalue weighted by atomic mass is 9.96. The molecule has 0 spiro atoms. The van der Waals surface area contributed by atoms with Crippen molar-refractivity contribution in [1.29, 1.82) is 0 Å². The molecule has 0 unspecified atom stereocenters. The van der Waals surface area contributed by atoms with Crippen molar-refractivity contribution in [3.63, 3.8) is 0 Å². The molecule has 18 nitrogen and oxygen atoms in total. The second kappa shape index (κ2) is 17.9. The number of amides is 2. The van der Waals surface area contributed by atoms with Gasteiger partial charge in [-0.25, -0.2) is 0 Å². The largest absolute Gasteiger partial charge is 0.394 e. The molecule has 392 valence electrons. The highest BCUT2D eigenvalue weighted by Crippen LogP contribution is 2.51. The van der Waals surface area contributed by atoms with Crippen LogP contribution in [-0.4, -0.2) is 158 Å². The number of fused-ring (bicyclic) bond motifs is 20. The van der Waals surface area contributed by atoms with Crippen LogP contribution in [0.25, 0.3) is 87.2 Å². The summed E-state index contributed by atoms with van der Waals surface area (Å²) in [6, 6.07) is 21.7. The first-order valence-electron chi connectivity index (χ1n) is 24.3. The molecule has 4 aliphatic rings. The number of hydrogen-bond donors (Lipinski definition) is 10. The number of para-hydroxylation sites is 4. The molecule has 10 aromatic rings. The van der Waals surface area contributed by atoms with Crippen LogP contribution in [0.1, 0.15) is 44.3 Å². The Labute approximate surface area is 448 Å². The molecular formula is C54H46Cl4N6O12. The molecule has 10 N–H and O–H groups in total. The van der Waals surface area contributed by atoms with E-state index in [1.807, 2.05) is 36.4 Å². The number of aliphatic hydroxyl groups excluding tert-OH is 8. The van der Waals surface area contributed by atoms with E-state index in [0.717, 1.165) is 38.1 Å². The predicted octanol–water partition coefficient (Wildman–Crippen LogP) is 6.59. The van der Waals surface area contributed by atoms with Gasteiger partial charge >= 0.3 is 0 Å². The van der Waals surface area contributed by atoms with E-state index >= 15 is 0 Å². The molecule has 6 aromatic carbocycles. The normalized spacial score (nSPS) is 25.9. The zero-order valence-electron chi connectivity index (χ0n) is 40.0. The molecule has 2 fully saturated rings. The first-order valence-corrected chi connectivity index (χ1v) is 25.9. The molecule has 4 aliphatic heterocycles. The van der Waals surface area contributed by atoms with E-state index in [-0.39, 0.29) is 11.8 Å². The van der Waals surface area contributed by atoms with E-state index in [0.29, 0.717) is 105 Å². The van der Waals surface area contributed by atoms with E-state index in [9.17, 15) is 50.4 Å². The number of aliphatic hydroxyl groups is 8. The smallest absolute Gasteiger partial charge is 0.254 e. The lowest BCUT2D eigenvalue weighted by molar-refractivity contribution is -0.249. The number of nitrogens with one attached hydrogen (secondary N) is 2. The van der Waals surface area contributed by atoms with Crippen molar-refractivity contribution in [2.24, 2.45) is 0 Å². The van der Waals surface area contributed by atoms with E-state index in [2.05, 4.69) is 9.97 Å². The number of benzene rings is 6. The summed E-state index contributed by atoms with van der Waals surface area (Å²) in [5, 5.41) is 91.8. The molecule has 4 aromatic heterocycles. The van der Waals surface area contributed by atoms with Crippen LogP contribution in [0.5, 0.6) is 0 Å². The summed E-state index contributed by atoms with van der Waals surface area (Å²) >= 11 is 26.7. The zero-order valence-corrected chi connectivity index (χ0v) is 43.1. The maximum atomic E-state index is 13.6. The van der Waals surface area contributed by atoms with Crippen molar-refractivity contribution in [1.82, 2.24) is 28.9 Å². The van der Waals surface area contributed by atoms with Crippen molar-refractivity contribution in [3.05, 3.63) is 115 Å². The topological polar surface area (TPSA) is 262 Å². The molecule has 14 rings (SSSR count). The van der Waals surface area contributed by atoms with Gasteiger partial charge in [0.1, 0.15) is 48.8 Å². The Morgan fingerprint density at radius 2 is 0.855 bits per heavy atom. The summed E-state index contributed by atoms with van der Waals surface area (Å²) in [5.41, 5.74) is 7.47. The van der Waals surface area contributed by atoms with E-state index in [4.69, 9.17) is 55.9 Å². The molecule has 2 amide bonds. The van der Waals surface area contributed by atoms with E-state index < -0.39 is 74.5 Å². The van der Waals surface area contributed by atoms with Gasteiger partial charge in [0.15, 0.2) is 12.5 Å². The van der Waals surface area contributed by atoms with Gasteiger partial charge in [0.05, 0.1) is 88.6 Å². The fraction of sp³-hybridized carbons (Fsp3) is 0.296. The second-order valence-electron chi connectivity index (χ2n) is 20.0. The number of rotatable bonds is 4. The van der Waals surface area contributed by atoms with Gasteiger partial charge in [-0.15, -0.1) is 0 Å². The summed E-state index contributed by atoms with van der Waals surface area (Å²) in [6.45, 7) is -0.400. The third-order valence-corrected chi connectivity index (χ3v) is 17.1. The third-order valence-electron chi connectivity index (χ3n) is 15.9. The predicted molar refractivity (Wildman–Crippen MR) is 287 cm³/mol. The maximum absolute atomic E-state index is 13.6. The number of H-pyrrole nitrogens is 2. The van der Waals surface area contributed by atoms with Crippen LogP contribution in [0.4, 0.5) is 0 Å². The van der Waals surface area contributed by atoms with Crippen LogP contribution in [0, 0.1) is 0 Å². The molecule has 22 heteroatoms. The lowest BCUT2D eigenvalue weighted by Crippen LogP contribution is -2.56. The zero-order chi connectivity index (χ0) is 53.2. The maximum Gasteiger partial charge on any atom is 0.254 e. The summed E-state index contributed by atoms with van der Waals surface area (Å²) in [4.78, 5) is 37.3. The molecule has 0 aliphatic carbocycles. The Morgan fingerprint density at radius 3 is 1.33 bits per heavy atom. The molecular weight excluding hydrogens is 1070 g/mol. The first-order chi connectivity index (χ1) is 36.5. The Kier molecular flexibility index (Phi) is 11.7. The molecule has 10 atom stereocenters. The average molecular weight is 1110 g/mol. The van der Waals surface area contributed by atoms with Crippen molar-refractivity contribution < 1.29 is 59.9 Å². The number of ether oxygens (including phenoxy) is 2. The average Bonchev–Trinajstić information content (AvgIpc) is 4.17. The number of aromatic nitrogens is 4. The quantitative estimate of drug-likeness (QED) is 0.0896. The number of aromatic amines is 2. The number of halogens is 4. The summed E-state index contributed by atoms with van der Waals surface area (Å²) < 4.78 is 15.4. The van der Waals surface area contributed by atoms with Crippen molar-refractivity contribution in [3.8, 4) is 0 Å². The molecule has 0 saturated carbocycles. The van der Waals surface area contributed by atoms with Crippen LogP contribution in [-0.2, 0) is 22.6 Å². The minimum absolute atomic E-state index is 0.122.